The van der Waals surface area contributed by atoms with Crippen molar-refractivity contribution in [3.8, 4) is 11.5 Å². The Morgan fingerprint density at radius 1 is 0.909 bits per heavy atom. The molecule has 0 spiro atoms. The van der Waals surface area contributed by atoms with Crippen LogP contribution in [0.5, 0.6) is 11.5 Å². The lowest BCUT2D eigenvalue weighted by Gasteiger charge is -2.19. The van der Waals surface area contributed by atoms with Gasteiger partial charge in [0.2, 0.25) is 5.91 Å². The van der Waals surface area contributed by atoms with Crippen molar-refractivity contribution in [2.24, 2.45) is 0 Å². The van der Waals surface area contributed by atoms with Gasteiger partial charge in [-0.2, -0.15) is 0 Å². The Balaban J connectivity index is 1.96. The third-order valence-corrected chi connectivity index (χ3v) is 5.90. The number of carbonyl (C=O) groups excluding carboxylic acids is 1. The van der Waals surface area contributed by atoms with Gasteiger partial charge in [-0.25, -0.2) is 0 Å². The summed E-state index contributed by atoms with van der Waals surface area (Å²) in [6.45, 7) is 4.04. The van der Waals surface area contributed by atoms with Crippen LogP contribution >= 0.6 is 0 Å². The first-order chi connectivity index (χ1) is 16.2. The fourth-order valence-electron chi connectivity index (χ4n) is 3.89. The number of unbranched alkanes of at least 4 members (excludes halogenated alkanes) is 3. The number of nitrogens with one attached hydrogen (secondary N) is 1. The van der Waals surface area contributed by atoms with E-state index in [0.29, 0.717) is 32.2 Å². The molecule has 5 nitrogen and oxygen atoms in total. The van der Waals surface area contributed by atoms with Crippen LogP contribution in [0.15, 0.2) is 48.5 Å². The van der Waals surface area contributed by atoms with Crippen molar-refractivity contribution in [1.82, 2.24) is 5.32 Å². The van der Waals surface area contributed by atoms with Gasteiger partial charge in [-0.1, -0.05) is 62.6 Å². The molecule has 2 rings (SSSR count). The molecule has 0 aliphatic rings. The second kappa shape index (κ2) is 16.1. The normalized spacial score (nSPS) is 11.7. The fraction of sp³-hybridized carbons (Fsp3) is 0.536. The molecule has 0 aliphatic heterocycles. The van der Waals surface area contributed by atoms with E-state index in [-0.39, 0.29) is 5.91 Å². The number of carbonyl (C=O) groups is 1. The van der Waals surface area contributed by atoms with Gasteiger partial charge in [-0.05, 0) is 48.4 Å². The Morgan fingerprint density at radius 2 is 1.70 bits per heavy atom. The van der Waals surface area contributed by atoms with Gasteiger partial charge in [0.1, 0.15) is 6.61 Å². The molecule has 1 atom stereocenters. The Labute approximate surface area is 199 Å². The van der Waals surface area contributed by atoms with Crippen LogP contribution in [0, 0.1) is 0 Å². The number of hydrogen-bond donors (Lipinski definition) is 1. The molecule has 0 heterocycles. The van der Waals surface area contributed by atoms with Crippen molar-refractivity contribution < 1.29 is 19.0 Å². The summed E-state index contributed by atoms with van der Waals surface area (Å²) in [5, 5.41) is 2.69. The van der Waals surface area contributed by atoms with Gasteiger partial charge < -0.3 is 19.5 Å². The Bertz CT molecular complexity index is 794. The maximum absolute atomic E-state index is 11.3. The molecule has 0 saturated carbocycles. The molecule has 2 aromatic carbocycles. The van der Waals surface area contributed by atoms with E-state index < -0.39 is 0 Å². The number of benzene rings is 2. The summed E-state index contributed by atoms with van der Waals surface area (Å²) in [5.74, 6) is 2.22. The lowest BCUT2D eigenvalue weighted by atomic mass is 9.90. The zero-order valence-electron chi connectivity index (χ0n) is 20.6. The topological polar surface area (TPSA) is 56.8 Å². The lowest BCUT2D eigenvalue weighted by molar-refractivity contribution is -0.120. The Kier molecular flexibility index (Phi) is 13.1. The molecule has 0 radical (unpaired) electrons. The third-order valence-electron chi connectivity index (χ3n) is 5.90. The van der Waals surface area contributed by atoms with Crippen molar-refractivity contribution in [3.63, 3.8) is 0 Å². The maximum atomic E-state index is 11.3. The monoisotopic (exact) mass is 455 g/mol. The first-order valence-corrected chi connectivity index (χ1v) is 12.3. The number of ether oxygens (including phenoxy) is 3. The second-order valence-electron chi connectivity index (χ2n) is 8.41. The van der Waals surface area contributed by atoms with Crippen molar-refractivity contribution >= 4 is 5.91 Å². The van der Waals surface area contributed by atoms with Crippen LogP contribution in [0.3, 0.4) is 0 Å². The van der Waals surface area contributed by atoms with Crippen LogP contribution in [0.2, 0.25) is 0 Å². The average molecular weight is 456 g/mol. The van der Waals surface area contributed by atoms with Gasteiger partial charge >= 0.3 is 0 Å². The molecule has 5 heteroatoms. The van der Waals surface area contributed by atoms with Gasteiger partial charge in [0.25, 0.3) is 0 Å². The van der Waals surface area contributed by atoms with Crippen LogP contribution in [-0.4, -0.2) is 33.3 Å². The predicted octanol–water partition coefficient (Wildman–Crippen LogP) is 6.26. The second-order valence-corrected chi connectivity index (χ2v) is 8.41. The van der Waals surface area contributed by atoms with Crippen molar-refractivity contribution in [1.29, 1.82) is 0 Å². The number of rotatable bonds is 17. The third kappa shape index (κ3) is 10.3. The molecule has 0 fully saturated rings. The van der Waals surface area contributed by atoms with E-state index in [4.69, 9.17) is 14.2 Å². The minimum Gasteiger partial charge on any atom is -0.490 e. The summed E-state index contributed by atoms with van der Waals surface area (Å²) < 4.78 is 17.4. The van der Waals surface area contributed by atoms with E-state index in [1.54, 1.807) is 14.2 Å². The van der Waals surface area contributed by atoms with Crippen molar-refractivity contribution in [3.05, 3.63) is 59.7 Å². The largest absolute Gasteiger partial charge is 0.490 e. The molecule has 2 aromatic rings. The number of hydrogen-bond acceptors (Lipinski definition) is 4. The molecular formula is C28H41NO4. The summed E-state index contributed by atoms with van der Waals surface area (Å²) in [6.07, 6.45) is 8.09. The lowest BCUT2D eigenvalue weighted by Crippen LogP contribution is -2.16. The highest BCUT2D eigenvalue weighted by atomic mass is 16.5. The van der Waals surface area contributed by atoms with Gasteiger partial charge in [-0.15, -0.1) is 0 Å². The maximum Gasteiger partial charge on any atom is 0.219 e. The molecule has 0 saturated heterocycles. The van der Waals surface area contributed by atoms with E-state index in [9.17, 15) is 4.79 Å². The number of methoxy groups -OCH3 is 1. The predicted molar refractivity (Wildman–Crippen MR) is 134 cm³/mol. The molecule has 0 aromatic heterocycles. The van der Waals surface area contributed by atoms with E-state index in [1.807, 2.05) is 18.2 Å². The van der Waals surface area contributed by atoms with Crippen molar-refractivity contribution in [2.45, 2.75) is 70.8 Å². The highest BCUT2D eigenvalue weighted by Crippen LogP contribution is 2.35. The van der Waals surface area contributed by atoms with Gasteiger partial charge in [0.05, 0.1) is 6.61 Å². The standard InChI is InChI=1S/C28H41NO4/c1-4-24(15-10-5-6-11-16-28(30)29-2)25-17-18-26(27(21-25)32-20-12-19-31-3)33-22-23-13-8-7-9-14-23/h7-9,13-14,17-18,21,24H,4-6,10-12,15-16,19-20,22H2,1-3H3,(H,29,30). The zero-order valence-corrected chi connectivity index (χ0v) is 20.6. The summed E-state index contributed by atoms with van der Waals surface area (Å²) in [5.41, 5.74) is 2.44. The fourth-order valence-corrected chi connectivity index (χ4v) is 3.89. The zero-order chi connectivity index (χ0) is 23.7. The molecule has 1 amide bonds. The minimum absolute atomic E-state index is 0.133. The summed E-state index contributed by atoms with van der Waals surface area (Å²) in [4.78, 5) is 11.3. The van der Waals surface area contributed by atoms with Crippen LogP contribution < -0.4 is 14.8 Å². The van der Waals surface area contributed by atoms with Crippen LogP contribution in [0.4, 0.5) is 0 Å². The van der Waals surface area contributed by atoms with Gasteiger partial charge in [0, 0.05) is 33.6 Å². The average Bonchev–Trinajstić information content (AvgIpc) is 2.85. The Morgan fingerprint density at radius 3 is 2.42 bits per heavy atom. The van der Waals surface area contributed by atoms with E-state index in [1.165, 1.54) is 12.0 Å². The summed E-state index contributed by atoms with van der Waals surface area (Å²) in [7, 11) is 3.40. The Hall–Kier alpha value is -2.53. The smallest absolute Gasteiger partial charge is 0.219 e. The molecule has 1 N–H and O–H groups in total. The van der Waals surface area contributed by atoms with Crippen LogP contribution in [0.25, 0.3) is 0 Å². The van der Waals surface area contributed by atoms with E-state index >= 15 is 0 Å². The number of amides is 1. The highest BCUT2D eigenvalue weighted by molar-refractivity contribution is 5.75. The minimum atomic E-state index is 0.133. The van der Waals surface area contributed by atoms with Gasteiger partial charge in [0.15, 0.2) is 11.5 Å². The highest BCUT2D eigenvalue weighted by Gasteiger charge is 2.14. The van der Waals surface area contributed by atoms with E-state index in [2.05, 4.69) is 42.6 Å². The van der Waals surface area contributed by atoms with Gasteiger partial charge in [-0.3, -0.25) is 4.79 Å². The van der Waals surface area contributed by atoms with E-state index in [0.717, 1.165) is 55.6 Å². The molecular weight excluding hydrogens is 414 g/mol. The molecule has 182 valence electrons. The van der Waals surface area contributed by atoms with Crippen molar-refractivity contribution in [2.75, 3.05) is 27.4 Å². The molecule has 0 aliphatic carbocycles. The molecule has 33 heavy (non-hydrogen) atoms. The first kappa shape index (κ1) is 26.7. The SMILES string of the molecule is CCC(CCCCCCC(=O)NC)c1ccc(OCc2ccccc2)c(OCCCOC)c1. The summed E-state index contributed by atoms with van der Waals surface area (Å²) in [6, 6.07) is 16.6. The summed E-state index contributed by atoms with van der Waals surface area (Å²) >= 11 is 0. The van der Waals surface area contributed by atoms with Crippen LogP contribution in [-0.2, 0) is 16.1 Å². The first-order valence-electron chi connectivity index (χ1n) is 12.3. The molecule has 1 unspecified atom stereocenters. The molecule has 0 bridgehead atoms. The quantitative estimate of drug-likeness (QED) is 0.286. The van der Waals surface area contributed by atoms with Crippen LogP contribution in [0.1, 0.15) is 75.3 Å².